The van der Waals surface area contributed by atoms with Gasteiger partial charge in [-0.1, -0.05) is 30.3 Å². The van der Waals surface area contributed by atoms with Crippen molar-refractivity contribution in [2.75, 3.05) is 11.9 Å². The first kappa shape index (κ1) is 30.9. The van der Waals surface area contributed by atoms with E-state index in [-0.39, 0.29) is 16.9 Å². The molecule has 10 nitrogen and oxygen atoms in total. The van der Waals surface area contributed by atoms with Gasteiger partial charge in [0.1, 0.15) is 17.3 Å². The molecule has 2 amide bonds. The summed E-state index contributed by atoms with van der Waals surface area (Å²) in [5, 5.41) is 37.3. The summed E-state index contributed by atoms with van der Waals surface area (Å²) in [6.45, 7) is 0.665. The maximum atomic E-state index is 15.1. The summed E-state index contributed by atoms with van der Waals surface area (Å²) in [4.78, 5) is 24.4. The largest absolute Gasteiger partial charge is 0.465 e. The van der Waals surface area contributed by atoms with Crippen LogP contribution in [0, 0.1) is 28.5 Å². The molecule has 1 heterocycles. The highest BCUT2D eigenvalue weighted by molar-refractivity contribution is 6.05. The number of nitrogens with zero attached hydrogens (tertiary/aromatic N) is 3. The number of carbonyl (C=O) groups is 2. The van der Waals surface area contributed by atoms with Gasteiger partial charge in [0, 0.05) is 11.6 Å². The van der Waals surface area contributed by atoms with Crippen LogP contribution in [0.4, 0.5) is 28.0 Å². The lowest BCUT2D eigenvalue weighted by Gasteiger charge is -2.21. The molecule has 0 spiro atoms. The van der Waals surface area contributed by atoms with Gasteiger partial charge in [-0.25, -0.2) is 13.9 Å². The lowest BCUT2D eigenvalue weighted by molar-refractivity contribution is -0.141. The molecule has 1 aromatic heterocycles. The molecule has 0 saturated heterocycles. The fourth-order valence-corrected chi connectivity index (χ4v) is 4.68. The molecule has 3 aromatic carbocycles. The van der Waals surface area contributed by atoms with E-state index < -0.39 is 47.3 Å². The van der Waals surface area contributed by atoms with E-state index in [9.17, 15) is 28.0 Å². The van der Waals surface area contributed by atoms with Crippen molar-refractivity contribution < 1.29 is 32.3 Å². The molecule has 14 heteroatoms. The quantitative estimate of drug-likeness (QED) is 0.0901. The minimum Gasteiger partial charge on any atom is -0.465 e. The van der Waals surface area contributed by atoms with Gasteiger partial charge < -0.3 is 15.7 Å². The Bertz CT molecular complexity index is 1830. The van der Waals surface area contributed by atoms with Crippen LogP contribution in [0.5, 0.6) is 0 Å². The fourth-order valence-electron chi connectivity index (χ4n) is 4.68. The highest BCUT2D eigenvalue weighted by atomic mass is 19.4. The molecule has 1 atom stereocenters. The van der Waals surface area contributed by atoms with Gasteiger partial charge in [0.05, 0.1) is 29.0 Å². The zero-order valence-corrected chi connectivity index (χ0v) is 23.3. The van der Waals surface area contributed by atoms with Crippen molar-refractivity contribution in [3.05, 3.63) is 112 Å². The molecule has 0 aliphatic heterocycles. The van der Waals surface area contributed by atoms with Crippen molar-refractivity contribution in [2.45, 2.75) is 25.1 Å². The third-order valence-corrected chi connectivity index (χ3v) is 7.07. The van der Waals surface area contributed by atoms with Crippen molar-refractivity contribution in [2.24, 2.45) is 5.92 Å². The number of anilines is 1. The maximum absolute atomic E-state index is 15.1. The van der Waals surface area contributed by atoms with E-state index in [1.54, 1.807) is 18.2 Å². The van der Waals surface area contributed by atoms with Crippen molar-refractivity contribution in [1.29, 1.82) is 10.7 Å². The number of rotatable bonds is 9. The SMILES string of the molecule is N#Cc1cccc(C(NCC2CC2)c2ccc(F)c(NC(=O)c3cc(C(F)(F)F)nn3-c3cccc(C(=N)NC(=O)O)c3)c2)c1. The predicted octanol–water partition coefficient (Wildman–Crippen LogP) is 5.84. The van der Waals surface area contributed by atoms with Crippen LogP contribution in [0.3, 0.4) is 0 Å². The predicted molar refractivity (Wildman–Crippen MR) is 155 cm³/mol. The standard InChI is InChI=1S/C31H25F4N7O3/c32-23-10-9-20(27(38-16-17-7-8-17)19-4-1-3-18(11-19)15-36)13-24(23)39-29(43)25-14-26(31(33,34)35)41-42(25)22-6-2-5-21(12-22)28(37)40-30(44)45/h1-6,9-14,17,27,38H,7-8,16H2,(H2,37,40)(H,39,43)(H,44,45). The van der Waals surface area contributed by atoms with Crippen LogP contribution in [0.2, 0.25) is 0 Å². The molecule has 1 aliphatic rings. The van der Waals surface area contributed by atoms with Crippen LogP contribution in [0.15, 0.2) is 72.8 Å². The minimum absolute atomic E-state index is 0.00531. The van der Waals surface area contributed by atoms with E-state index in [0.717, 1.165) is 24.5 Å². The van der Waals surface area contributed by atoms with E-state index >= 15 is 4.39 Å². The fraction of sp³-hybridized carbons (Fsp3) is 0.194. The summed E-state index contributed by atoms with van der Waals surface area (Å²) in [6, 6.07) is 18.2. The molecular weight excluding hydrogens is 594 g/mol. The summed E-state index contributed by atoms with van der Waals surface area (Å²) < 4.78 is 56.8. The molecule has 1 fully saturated rings. The summed E-state index contributed by atoms with van der Waals surface area (Å²) in [5.74, 6) is -2.01. The Morgan fingerprint density at radius 3 is 2.49 bits per heavy atom. The number of nitrogens with one attached hydrogen (secondary N) is 4. The van der Waals surface area contributed by atoms with E-state index in [2.05, 4.69) is 21.8 Å². The van der Waals surface area contributed by atoms with Crippen LogP contribution in [0.25, 0.3) is 5.69 Å². The van der Waals surface area contributed by atoms with Crippen molar-refractivity contribution in [3.63, 3.8) is 0 Å². The normalized spacial score (nSPS) is 13.5. The van der Waals surface area contributed by atoms with Crippen LogP contribution < -0.4 is 16.0 Å². The number of carbonyl (C=O) groups excluding carboxylic acids is 1. The third kappa shape index (κ3) is 7.34. The van der Waals surface area contributed by atoms with Crippen LogP contribution in [0.1, 0.15) is 57.3 Å². The zero-order valence-electron chi connectivity index (χ0n) is 23.3. The number of alkyl halides is 3. The molecular formula is C31H25F4N7O3. The van der Waals surface area contributed by atoms with E-state index in [0.29, 0.717) is 34.3 Å². The van der Waals surface area contributed by atoms with Gasteiger partial charge in [-0.15, -0.1) is 0 Å². The molecule has 1 saturated carbocycles. The van der Waals surface area contributed by atoms with Crippen molar-refractivity contribution >= 4 is 23.5 Å². The van der Waals surface area contributed by atoms with E-state index in [1.807, 2.05) is 11.4 Å². The smallest absolute Gasteiger partial charge is 0.435 e. The Morgan fingerprint density at radius 2 is 1.80 bits per heavy atom. The number of amides is 2. The Morgan fingerprint density at radius 1 is 1.07 bits per heavy atom. The number of aromatic nitrogens is 2. The molecule has 5 N–H and O–H groups in total. The topological polar surface area (TPSA) is 156 Å². The maximum Gasteiger partial charge on any atom is 0.435 e. The molecule has 45 heavy (non-hydrogen) atoms. The number of hydrogen-bond acceptors (Lipinski definition) is 6. The average Bonchev–Trinajstić information content (AvgIpc) is 3.71. The number of nitriles is 1. The lowest BCUT2D eigenvalue weighted by Crippen LogP contribution is -2.28. The number of amidine groups is 1. The minimum atomic E-state index is -4.93. The Hall–Kier alpha value is -5.55. The number of carboxylic acid groups (broad SMARTS) is 1. The van der Waals surface area contributed by atoms with Gasteiger partial charge in [0.2, 0.25) is 0 Å². The molecule has 0 bridgehead atoms. The Kier molecular flexibility index (Phi) is 8.64. The second-order valence-corrected chi connectivity index (χ2v) is 10.4. The summed E-state index contributed by atoms with van der Waals surface area (Å²) in [6.07, 6.45) is -4.32. The van der Waals surface area contributed by atoms with Gasteiger partial charge in [-0.3, -0.25) is 15.5 Å². The van der Waals surface area contributed by atoms with Crippen LogP contribution in [-0.2, 0) is 6.18 Å². The van der Waals surface area contributed by atoms with Crippen molar-refractivity contribution in [3.8, 4) is 11.8 Å². The second kappa shape index (κ2) is 12.6. The number of hydrogen-bond donors (Lipinski definition) is 5. The van der Waals surface area contributed by atoms with Gasteiger partial charge in [-0.05, 0) is 72.8 Å². The van der Waals surface area contributed by atoms with Crippen LogP contribution in [-0.4, -0.2) is 39.3 Å². The summed E-state index contributed by atoms with van der Waals surface area (Å²) in [7, 11) is 0. The molecule has 5 rings (SSSR count). The first-order chi connectivity index (χ1) is 21.4. The van der Waals surface area contributed by atoms with Crippen LogP contribution >= 0.6 is 0 Å². The van der Waals surface area contributed by atoms with Gasteiger partial charge in [0.15, 0.2) is 5.69 Å². The molecule has 1 unspecified atom stereocenters. The Labute approximate surface area is 253 Å². The first-order valence-corrected chi connectivity index (χ1v) is 13.6. The second-order valence-electron chi connectivity index (χ2n) is 10.4. The van der Waals surface area contributed by atoms with E-state index in [1.165, 1.54) is 36.4 Å². The van der Waals surface area contributed by atoms with E-state index in [4.69, 9.17) is 10.5 Å². The number of halogens is 4. The lowest BCUT2D eigenvalue weighted by atomic mass is 9.96. The summed E-state index contributed by atoms with van der Waals surface area (Å²) >= 11 is 0. The highest BCUT2D eigenvalue weighted by Crippen LogP contribution is 2.33. The summed E-state index contributed by atoms with van der Waals surface area (Å²) in [5.41, 5.74) is -0.670. The third-order valence-electron chi connectivity index (χ3n) is 7.07. The average molecular weight is 620 g/mol. The highest BCUT2D eigenvalue weighted by Gasteiger charge is 2.36. The Balaban J connectivity index is 1.49. The molecule has 4 aromatic rings. The molecule has 230 valence electrons. The zero-order chi connectivity index (χ0) is 32.3. The van der Waals surface area contributed by atoms with Gasteiger partial charge >= 0.3 is 12.3 Å². The van der Waals surface area contributed by atoms with Gasteiger partial charge in [0.25, 0.3) is 5.91 Å². The van der Waals surface area contributed by atoms with Gasteiger partial charge in [-0.2, -0.15) is 23.5 Å². The molecule has 1 aliphatic carbocycles. The monoisotopic (exact) mass is 619 g/mol. The number of benzene rings is 3. The van der Waals surface area contributed by atoms with Crippen molar-refractivity contribution in [1.82, 2.24) is 20.4 Å². The molecule has 0 radical (unpaired) electrons. The first-order valence-electron chi connectivity index (χ1n) is 13.6.